The fraction of sp³-hybridized carbons (Fsp3) is 0.0800. The van der Waals surface area contributed by atoms with Gasteiger partial charge >= 0.3 is 0 Å². The number of nitrogens with one attached hydrogen (secondary N) is 2. The maximum atomic E-state index is 13.5. The Morgan fingerprint density at radius 1 is 0.879 bits per heavy atom. The third-order valence-corrected chi connectivity index (χ3v) is 4.94. The molecular formula is C25H19FN4O3. The van der Waals surface area contributed by atoms with E-state index in [0.29, 0.717) is 58.9 Å². The number of nitrogens with zero attached hydrogens (tertiary/aromatic N) is 2. The van der Waals surface area contributed by atoms with E-state index < -0.39 is 0 Å². The van der Waals surface area contributed by atoms with Crippen LogP contribution in [0, 0.1) is 5.82 Å². The third kappa shape index (κ3) is 4.74. The molecule has 0 bridgehead atoms. The minimum Gasteiger partial charge on any atom is -0.486 e. The molecule has 0 aliphatic carbocycles. The van der Waals surface area contributed by atoms with E-state index in [-0.39, 0.29) is 11.7 Å². The normalized spacial score (nSPS) is 12.2. The maximum absolute atomic E-state index is 13.5. The summed E-state index contributed by atoms with van der Waals surface area (Å²) in [6.07, 6.45) is 1.59. The minimum absolute atomic E-state index is 0.265. The zero-order valence-electron chi connectivity index (χ0n) is 17.4. The predicted molar refractivity (Wildman–Crippen MR) is 123 cm³/mol. The zero-order chi connectivity index (χ0) is 22.6. The van der Waals surface area contributed by atoms with E-state index in [9.17, 15) is 9.18 Å². The zero-order valence-corrected chi connectivity index (χ0v) is 17.4. The first-order valence-corrected chi connectivity index (χ1v) is 10.3. The van der Waals surface area contributed by atoms with Gasteiger partial charge in [0.2, 0.25) is 0 Å². The Labute approximate surface area is 189 Å². The van der Waals surface area contributed by atoms with Crippen LogP contribution in [0.1, 0.15) is 10.4 Å². The van der Waals surface area contributed by atoms with E-state index in [1.54, 1.807) is 60.8 Å². The van der Waals surface area contributed by atoms with Crippen LogP contribution in [0.3, 0.4) is 0 Å². The molecule has 5 rings (SSSR count). The first-order valence-electron chi connectivity index (χ1n) is 10.3. The van der Waals surface area contributed by atoms with Gasteiger partial charge in [-0.2, -0.15) is 0 Å². The number of benzene rings is 3. The highest BCUT2D eigenvalue weighted by Crippen LogP contribution is 2.32. The Morgan fingerprint density at radius 2 is 1.73 bits per heavy atom. The number of fused-ring (bicyclic) bond motifs is 1. The number of halogens is 1. The molecule has 33 heavy (non-hydrogen) atoms. The first-order chi connectivity index (χ1) is 16.1. The molecule has 0 unspecified atom stereocenters. The quantitative estimate of drug-likeness (QED) is 0.450. The van der Waals surface area contributed by atoms with Crippen molar-refractivity contribution in [1.29, 1.82) is 0 Å². The third-order valence-electron chi connectivity index (χ3n) is 4.94. The molecule has 7 nitrogen and oxygen atoms in total. The molecule has 3 aromatic carbocycles. The second-order valence-corrected chi connectivity index (χ2v) is 7.29. The molecule has 1 amide bonds. The van der Waals surface area contributed by atoms with E-state index >= 15 is 0 Å². The van der Waals surface area contributed by atoms with E-state index in [1.807, 2.05) is 6.07 Å². The van der Waals surface area contributed by atoms with Crippen molar-refractivity contribution >= 4 is 23.1 Å². The minimum atomic E-state index is -0.355. The molecule has 1 aromatic heterocycles. The number of hydrogen-bond donors (Lipinski definition) is 2. The second-order valence-electron chi connectivity index (χ2n) is 7.29. The molecule has 0 radical (unpaired) electrons. The highest BCUT2D eigenvalue weighted by atomic mass is 19.1. The summed E-state index contributed by atoms with van der Waals surface area (Å²) >= 11 is 0. The van der Waals surface area contributed by atoms with E-state index in [4.69, 9.17) is 9.47 Å². The number of ether oxygens (including phenoxy) is 2. The van der Waals surface area contributed by atoms with Crippen molar-refractivity contribution in [3.8, 4) is 22.9 Å². The van der Waals surface area contributed by atoms with Crippen LogP contribution < -0.4 is 20.1 Å². The average molecular weight is 442 g/mol. The lowest BCUT2D eigenvalue weighted by atomic mass is 10.1. The summed E-state index contributed by atoms with van der Waals surface area (Å²) in [5.41, 5.74) is 2.33. The monoisotopic (exact) mass is 442 g/mol. The highest BCUT2D eigenvalue weighted by molar-refractivity contribution is 6.05. The molecule has 0 saturated carbocycles. The second kappa shape index (κ2) is 8.96. The number of amides is 1. The standard InChI is InChI=1S/C25H19FN4O3/c26-18-5-1-3-16(13-18)24-27-10-9-23(30-24)28-19-6-2-4-17(14-19)25(31)29-20-7-8-21-22(15-20)33-12-11-32-21/h1-10,13-15H,11-12H2,(H,29,31)(H,27,28,30). The van der Waals surface area contributed by atoms with Gasteiger partial charge in [-0.3, -0.25) is 4.79 Å². The van der Waals surface area contributed by atoms with Crippen molar-refractivity contribution in [2.24, 2.45) is 0 Å². The Hall–Kier alpha value is -4.46. The fourth-order valence-corrected chi connectivity index (χ4v) is 3.41. The summed E-state index contributed by atoms with van der Waals surface area (Å²) in [6, 6.07) is 20.1. The van der Waals surface area contributed by atoms with Crippen molar-refractivity contribution in [2.75, 3.05) is 23.8 Å². The van der Waals surface area contributed by atoms with Crippen LogP contribution in [0.15, 0.2) is 79.0 Å². The van der Waals surface area contributed by atoms with Gasteiger partial charge in [0.15, 0.2) is 17.3 Å². The topological polar surface area (TPSA) is 85.4 Å². The van der Waals surface area contributed by atoms with Crippen LogP contribution in [-0.2, 0) is 0 Å². The van der Waals surface area contributed by atoms with E-state index in [1.165, 1.54) is 12.1 Å². The number of aromatic nitrogens is 2. The van der Waals surface area contributed by atoms with Gasteiger partial charge in [-0.1, -0.05) is 18.2 Å². The molecule has 8 heteroatoms. The Bertz CT molecular complexity index is 1330. The number of carbonyl (C=O) groups is 1. The smallest absolute Gasteiger partial charge is 0.255 e. The molecule has 2 heterocycles. The lowest BCUT2D eigenvalue weighted by molar-refractivity contribution is 0.102. The summed E-state index contributed by atoms with van der Waals surface area (Å²) in [4.78, 5) is 21.4. The summed E-state index contributed by atoms with van der Waals surface area (Å²) in [5, 5.41) is 6.04. The molecule has 1 aliphatic heterocycles. The molecule has 0 saturated heterocycles. The van der Waals surface area contributed by atoms with Gasteiger partial charge in [-0.05, 0) is 48.5 Å². The molecule has 0 atom stereocenters. The predicted octanol–water partition coefficient (Wildman–Crippen LogP) is 5.05. The van der Waals surface area contributed by atoms with Crippen LogP contribution in [0.5, 0.6) is 11.5 Å². The fourth-order valence-electron chi connectivity index (χ4n) is 3.41. The van der Waals surface area contributed by atoms with Crippen molar-refractivity contribution in [2.45, 2.75) is 0 Å². The Kier molecular flexibility index (Phi) is 5.55. The van der Waals surface area contributed by atoms with Crippen LogP contribution in [0.25, 0.3) is 11.4 Å². The Balaban J connectivity index is 1.31. The van der Waals surface area contributed by atoms with Crippen LogP contribution in [0.4, 0.5) is 21.6 Å². The largest absolute Gasteiger partial charge is 0.486 e. The van der Waals surface area contributed by atoms with Gasteiger partial charge in [0, 0.05) is 34.8 Å². The maximum Gasteiger partial charge on any atom is 0.255 e. The van der Waals surface area contributed by atoms with Gasteiger partial charge in [0.1, 0.15) is 24.8 Å². The first kappa shape index (κ1) is 20.4. The lowest BCUT2D eigenvalue weighted by Crippen LogP contribution is -2.16. The van der Waals surface area contributed by atoms with Gasteiger partial charge in [0.25, 0.3) is 5.91 Å². The van der Waals surface area contributed by atoms with Crippen LogP contribution >= 0.6 is 0 Å². The van der Waals surface area contributed by atoms with Gasteiger partial charge in [-0.15, -0.1) is 0 Å². The number of carbonyl (C=O) groups excluding carboxylic acids is 1. The van der Waals surface area contributed by atoms with Gasteiger partial charge < -0.3 is 20.1 Å². The molecule has 164 valence electrons. The van der Waals surface area contributed by atoms with Crippen molar-refractivity contribution in [1.82, 2.24) is 9.97 Å². The van der Waals surface area contributed by atoms with Gasteiger partial charge in [0.05, 0.1) is 0 Å². The number of hydrogen-bond acceptors (Lipinski definition) is 6. The number of anilines is 3. The van der Waals surface area contributed by atoms with Crippen molar-refractivity contribution in [3.05, 3.63) is 90.4 Å². The van der Waals surface area contributed by atoms with Crippen LogP contribution in [0.2, 0.25) is 0 Å². The summed E-state index contributed by atoms with van der Waals surface area (Å²) in [7, 11) is 0. The van der Waals surface area contributed by atoms with E-state index in [2.05, 4.69) is 20.6 Å². The highest BCUT2D eigenvalue weighted by Gasteiger charge is 2.14. The molecule has 0 fully saturated rings. The van der Waals surface area contributed by atoms with Gasteiger partial charge in [-0.25, -0.2) is 14.4 Å². The molecule has 4 aromatic rings. The van der Waals surface area contributed by atoms with Crippen LogP contribution in [-0.4, -0.2) is 29.1 Å². The average Bonchev–Trinajstić information content (AvgIpc) is 2.84. The summed E-state index contributed by atoms with van der Waals surface area (Å²) in [5.74, 6) is 1.56. The van der Waals surface area contributed by atoms with Crippen molar-refractivity contribution in [3.63, 3.8) is 0 Å². The van der Waals surface area contributed by atoms with E-state index in [0.717, 1.165) is 0 Å². The molecule has 2 N–H and O–H groups in total. The van der Waals surface area contributed by atoms with Crippen molar-refractivity contribution < 1.29 is 18.7 Å². The lowest BCUT2D eigenvalue weighted by Gasteiger charge is -2.19. The summed E-state index contributed by atoms with van der Waals surface area (Å²) in [6.45, 7) is 0.983. The SMILES string of the molecule is O=C(Nc1ccc2c(c1)OCCO2)c1cccc(Nc2ccnc(-c3cccc(F)c3)n2)c1. The molecule has 0 spiro atoms. The molecular weight excluding hydrogens is 423 g/mol. The number of rotatable bonds is 5. The summed E-state index contributed by atoms with van der Waals surface area (Å²) < 4.78 is 24.6. The Morgan fingerprint density at radius 3 is 2.61 bits per heavy atom. The molecule has 1 aliphatic rings.